The van der Waals surface area contributed by atoms with Crippen LogP contribution in [-0.2, 0) is 4.79 Å². The van der Waals surface area contributed by atoms with Crippen LogP contribution < -0.4 is 0 Å². The van der Waals surface area contributed by atoms with E-state index in [0.29, 0.717) is 30.4 Å². The summed E-state index contributed by atoms with van der Waals surface area (Å²) in [6.45, 7) is 6.91. The van der Waals surface area contributed by atoms with Crippen molar-refractivity contribution in [2.75, 3.05) is 26.2 Å². The van der Waals surface area contributed by atoms with E-state index < -0.39 is 0 Å². The summed E-state index contributed by atoms with van der Waals surface area (Å²) in [6.07, 6.45) is 5.73. The van der Waals surface area contributed by atoms with Gasteiger partial charge in [-0.2, -0.15) is 0 Å². The topological polar surface area (TPSA) is 66.7 Å². The Balaban J connectivity index is 1.38. The lowest BCUT2D eigenvalue weighted by atomic mass is 9.92. The number of rotatable bonds is 5. The van der Waals surface area contributed by atoms with Crippen molar-refractivity contribution in [2.24, 2.45) is 0 Å². The van der Waals surface area contributed by atoms with Gasteiger partial charge in [-0.05, 0) is 51.0 Å². The van der Waals surface area contributed by atoms with Gasteiger partial charge in [0, 0.05) is 32.1 Å². The third-order valence-electron chi connectivity index (χ3n) is 6.72. The first-order chi connectivity index (χ1) is 15.1. The zero-order chi connectivity index (χ0) is 21.8. The molecular weight excluding hydrogens is 390 g/mol. The van der Waals surface area contributed by atoms with Crippen LogP contribution in [0.15, 0.2) is 34.7 Å². The van der Waals surface area contributed by atoms with Crippen molar-refractivity contribution >= 4 is 11.8 Å². The van der Waals surface area contributed by atoms with E-state index in [0.717, 1.165) is 50.8 Å². The third-order valence-corrected chi connectivity index (χ3v) is 6.72. The molecule has 3 heterocycles. The van der Waals surface area contributed by atoms with Crippen LogP contribution in [0.3, 0.4) is 0 Å². The van der Waals surface area contributed by atoms with Gasteiger partial charge in [0.05, 0.1) is 5.92 Å². The van der Waals surface area contributed by atoms with Crippen molar-refractivity contribution < 1.29 is 14.0 Å². The van der Waals surface area contributed by atoms with Gasteiger partial charge < -0.3 is 14.2 Å². The molecule has 0 N–H and O–H groups in total. The molecule has 6 nitrogen and oxygen atoms in total. The Morgan fingerprint density at radius 1 is 1.03 bits per heavy atom. The second kappa shape index (κ2) is 9.67. The second-order valence-electron chi connectivity index (χ2n) is 8.78. The molecular formula is C25H33N3O3. The first-order valence-electron chi connectivity index (χ1n) is 11.7. The highest BCUT2D eigenvalue weighted by atomic mass is 16.4. The van der Waals surface area contributed by atoms with Gasteiger partial charge in [0.15, 0.2) is 11.6 Å². The number of oxazole rings is 1. The number of amides is 2. The lowest BCUT2D eigenvalue weighted by Gasteiger charge is -2.33. The van der Waals surface area contributed by atoms with Gasteiger partial charge >= 0.3 is 0 Å². The second-order valence-corrected chi connectivity index (χ2v) is 8.78. The first kappa shape index (κ1) is 21.6. The molecule has 166 valence electrons. The van der Waals surface area contributed by atoms with Crippen molar-refractivity contribution in [1.29, 1.82) is 0 Å². The van der Waals surface area contributed by atoms with Crippen LogP contribution in [0.2, 0.25) is 0 Å². The van der Waals surface area contributed by atoms with Crippen LogP contribution in [0.5, 0.6) is 0 Å². The maximum atomic E-state index is 13.1. The highest BCUT2D eigenvalue weighted by Crippen LogP contribution is 2.31. The number of aryl methyl sites for hydroxylation is 1. The summed E-state index contributed by atoms with van der Waals surface area (Å²) in [5.74, 6) is 1.53. The van der Waals surface area contributed by atoms with Gasteiger partial charge in [0.25, 0.3) is 5.91 Å². The number of hydrogen-bond acceptors (Lipinski definition) is 4. The molecule has 2 fully saturated rings. The van der Waals surface area contributed by atoms with Crippen molar-refractivity contribution in [2.45, 2.75) is 64.2 Å². The molecule has 0 unspecified atom stereocenters. The molecule has 0 spiro atoms. The fraction of sp³-hybridized carbons (Fsp3) is 0.560. The Kier molecular flexibility index (Phi) is 6.73. The van der Waals surface area contributed by atoms with Gasteiger partial charge in [-0.25, -0.2) is 4.98 Å². The number of carbonyl (C=O) groups excluding carboxylic acids is 2. The maximum absolute atomic E-state index is 13.1. The first-order valence-corrected chi connectivity index (χ1v) is 11.7. The highest BCUT2D eigenvalue weighted by molar-refractivity contribution is 5.93. The van der Waals surface area contributed by atoms with Crippen molar-refractivity contribution in [3.05, 3.63) is 53.2 Å². The zero-order valence-corrected chi connectivity index (χ0v) is 18.7. The number of likely N-dealkylation sites (tertiary alicyclic amines) is 2. The molecule has 31 heavy (non-hydrogen) atoms. The monoisotopic (exact) mass is 423 g/mol. The molecule has 1 aromatic heterocycles. The summed E-state index contributed by atoms with van der Waals surface area (Å²) in [5.41, 5.74) is 1.55. The SMILES string of the molecule is CC[C@@H](C(=O)N1CCC(c2nc(C(=O)N3CCCCC3)c(C)o2)CC1)c1ccccc1. The quantitative estimate of drug-likeness (QED) is 0.710. The Morgan fingerprint density at radius 2 is 1.71 bits per heavy atom. The smallest absolute Gasteiger partial charge is 0.276 e. The lowest BCUT2D eigenvalue weighted by Crippen LogP contribution is -2.40. The van der Waals surface area contributed by atoms with Crippen molar-refractivity contribution in [3.63, 3.8) is 0 Å². The number of piperidine rings is 2. The third kappa shape index (κ3) is 4.68. The fourth-order valence-corrected chi connectivity index (χ4v) is 4.84. The lowest BCUT2D eigenvalue weighted by molar-refractivity contribution is -0.134. The van der Waals surface area contributed by atoms with Gasteiger partial charge in [-0.1, -0.05) is 37.3 Å². The summed E-state index contributed by atoms with van der Waals surface area (Å²) >= 11 is 0. The molecule has 4 rings (SSSR count). The summed E-state index contributed by atoms with van der Waals surface area (Å²) < 4.78 is 5.94. The summed E-state index contributed by atoms with van der Waals surface area (Å²) in [7, 11) is 0. The number of aromatic nitrogens is 1. The fourth-order valence-electron chi connectivity index (χ4n) is 4.84. The molecule has 1 atom stereocenters. The van der Waals surface area contributed by atoms with E-state index in [-0.39, 0.29) is 23.7 Å². The molecule has 0 bridgehead atoms. The minimum Gasteiger partial charge on any atom is -0.445 e. The van der Waals surface area contributed by atoms with Crippen molar-refractivity contribution in [1.82, 2.24) is 14.8 Å². The molecule has 2 saturated heterocycles. The van der Waals surface area contributed by atoms with Crippen molar-refractivity contribution in [3.8, 4) is 0 Å². The average molecular weight is 424 g/mol. The summed E-state index contributed by atoms with van der Waals surface area (Å²) in [6, 6.07) is 10.0. The molecule has 2 aliphatic rings. The number of benzene rings is 1. The highest BCUT2D eigenvalue weighted by Gasteiger charge is 2.32. The van der Waals surface area contributed by atoms with Crippen LogP contribution in [0.1, 0.15) is 85.0 Å². The molecule has 0 saturated carbocycles. The Labute approximate surface area is 184 Å². The predicted octanol–water partition coefficient (Wildman–Crippen LogP) is 4.51. The van der Waals surface area contributed by atoms with Gasteiger partial charge in [-0.3, -0.25) is 9.59 Å². The van der Waals surface area contributed by atoms with E-state index in [4.69, 9.17) is 4.42 Å². The van der Waals surface area contributed by atoms with E-state index in [1.165, 1.54) is 6.42 Å². The normalized spacial score (nSPS) is 18.8. The molecule has 2 aromatic rings. The standard InChI is InChI=1S/C25H33N3O3/c1-3-21(19-10-6-4-7-11-19)24(29)28-16-12-20(13-17-28)23-26-22(18(2)31-23)25(30)27-14-8-5-9-15-27/h4,6-7,10-11,20-21H,3,5,8-9,12-17H2,1-2H3/t21-/m1/s1. The number of carbonyl (C=O) groups is 2. The predicted molar refractivity (Wildman–Crippen MR) is 119 cm³/mol. The number of nitrogens with zero attached hydrogens (tertiary/aromatic N) is 3. The molecule has 6 heteroatoms. The number of hydrogen-bond donors (Lipinski definition) is 0. The average Bonchev–Trinajstić information content (AvgIpc) is 3.22. The van der Waals surface area contributed by atoms with E-state index in [1.54, 1.807) is 0 Å². The van der Waals surface area contributed by atoms with Crippen LogP contribution in [0.25, 0.3) is 0 Å². The van der Waals surface area contributed by atoms with Gasteiger partial charge in [0.1, 0.15) is 5.76 Å². The Morgan fingerprint density at radius 3 is 2.35 bits per heavy atom. The van der Waals surface area contributed by atoms with Crippen LogP contribution in [-0.4, -0.2) is 52.8 Å². The van der Waals surface area contributed by atoms with E-state index >= 15 is 0 Å². The van der Waals surface area contributed by atoms with E-state index in [9.17, 15) is 9.59 Å². The van der Waals surface area contributed by atoms with Gasteiger partial charge in [-0.15, -0.1) is 0 Å². The molecule has 1 aromatic carbocycles. The Hall–Kier alpha value is -2.63. The van der Waals surface area contributed by atoms with Crippen LogP contribution in [0.4, 0.5) is 0 Å². The largest absolute Gasteiger partial charge is 0.445 e. The molecule has 0 aliphatic carbocycles. The van der Waals surface area contributed by atoms with Crippen LogP contribution >= 0.6 is 0 Å². The van der Waals surface area contributed by atoms with E-state index in [2.05, 4.69) is 11.9 Å². The molecule has 2 aliphatic heterocycles. The summed E-state index contributed by atoms with van der Waals surface area (Å²) in [5, 5.41) is 0. The minimum absolute atomic E-state index is 0.00605. The zero-order valence-electron chi connectivity index (χ0n) is 18.7. The maximum Gasteiger partial charge on any atom is 0.276 e. The van der Waals surface area contributed by atoms with E-state index in [1.807, 2.05) is 47.1 Å². The molecule has 2 amide bonds. The Bertz CT molecular complexity index is 894. The van der Waals surface area contributed by atoms with Gasteiger partial charge in [0.2, 0.25) is 5.91 Å². The molecule has 0 radical (unpaired) electrons. The summed E-state index contributed by atoms with van der Waals surface area (Å²) in [4.78, 5) is 34.5. The van der Waals surface area contributed by atoms with Crippen LogP contribution in [0, 0.1) is 6.92 Å². The minimum atomic E-state index is -0.0875.